The van der Waals surface area contributed by atoms with Crippen LogP contribution in [0.5, 0.6) is 23.0 Å². The molecule has 6 heteroatoms. The van der Waals surface area contributed by atoms with Crippen molar-refractivity contribution in [2.45, 2.75) is 13.8 Å². The molecule has 134 valence electrons. The first-order valence-electron chi connectivity index (χ1n) is 8.08. The van der Waals surface area contributed by atoms with Gasteiger partial charge in [-0.3, -0.25) is 4.79 Å². The van der Waals surface area contributed by atoms with Gasteiger partial charge in [0.2, 0.25) is 5.75 Å². The van der Waals surface area contributed by atoms with Crippen molar-refractivity contribution >= 4 is 17.3 Å². The van der Waals surface area contributed by atoms with E-state index in [9.17, 15) is 9.59 Å². The van der Waals surface area contributed by atoms with Crippen LogP contribution in [0.2, 0.25) is 0 Å². The van der Waals surface area contributed by atoms with E-state index in [-0.39, 0.29) is 0 Å². The standard InChI is InChI=1S/C20H18O6/c1-4-24-20-17(23-3)8-13(11-21)9-18(20)25-14-5-6-15-12(2)7-19(22)26-16(15)10-14/h5-11H,4H2,1-3H3. The van der Waals surface area contributed by atoms with E-state index in [1.54, 1.807) is 24.3 Å². The van der Waals surface area contributed by atoms with Gasteiger partial charge in [-0.1, -0.05) is 0 Å². The zero-order valence-corrected chi connectivity index (χ0v) is 14.7. The number of aryl methyl sites for hydroxylation is 1. The van der Waals surface area contributed by atoms with Crippen molar-refractivity contribution in [2.75, 3.05) is 13.7 Å². The van der Waals surface area contributed by atoms with Crippen LogP contribution in [0.15, 0.2) is 45.6 Å². The number of methoxy groups -OCH3 is 1. The number of fused-ring (bicyclic) bond motifs is 1. The zero-order chi connectivity index (χ0) is 18.7. The molecule has 0 aliphatic heterocycles. The smallest absolute Gasteiger partial charge is 0.336 e. The van der Waals surface area contributed by atoms with Crippen LogP contribution < -0.4 is 19.8 Å². The highest BCUT2D eigenvalue weighted by Gasteiger charge is 2.16. The molecule has 1 heterocycles. The number of ether oxygens (including phenoxy) is 3. The van der Waals surface area contributed by atoms with Crippen LogP contribution in [0, 0.1) is 6.92 Å². The quantitative estimate of drug-likeness (QED) is 0.490. The van der Waals surface area contributed by atoms with Crippen molar-refractivity contribution in [3.05, 3.63) is 57.9 Å². The van der Waals surface area contributed by atoms with Gasteiger partial charge in [-0.05, 0) is 43.7 Å². The molecule has 2 aromatic carbocycles. The highest BCUT2D eigenvalue weighted by molar-refractivity contribution is 5.82. The van der Waals surface area contributed by atoms with Gasteiger partial charge in [-0.15, -0.1) is 0 Å². The molecule has 0 saturated heterocycles. The maximum Gasteiger partial charge on any atom is 0.336 e. The first kappa shape index (κ1) is 17.5. The largest absolute Gasteiger partial charge is 0.493 e. The molecule has 0 aliphatic carbocycles. The van der Waals surface area contributed by atoms with E-state index in [1.807, 2.05) is 19.9 Å². The summed E-state index contributed by atoms with van der Waals surface area (Å²) < 4.78 is 22.1. The Kier molecular flexibility index (Phi) is 4.93. The molecular weight excluding hydrogens is 336 g/mol. The van der Waals surface area contributed by atoms with E-state index in [2.05, 4.69) is 0 Å². The maximum atomic E-state index is 11.6. The molecule has 0 bridgehead atoms. The van der Waals surface area contributed by atoms with Crippen molar-refractivity contribution in [3.8, 4) is 23.0 Å². The third-order valence-corrected chi connectivity index (χ3v) is 3.84. The summed E-state index contributed by atoms with van der Waals surface area (Å²) in [4.78, 5) is 22.8. The number of carbonyl (C=O) groups is 1. The minimum Gasteiger partial charge on any atom is -0.493 e. The summed E-state index contributed by atoms with van der Waals surface area (Å²) in [6, 6.07) is 9.77. The molecular formula is C20H18O6. The average molecular weight is 354 g/mol. The molecule has 26 heavy (non-hydrogen) atoms. The van der Waals surface area contributed by atoms with Gasteiger partial charge in [0.25, 0.3) is 0 Å². The Morgan fingerprint density at radius 1 is 1.12 bits per heavy atom. The van der Waals surface area contributed by atoms with E-state index in [4.69, 9.17) is 18.6 Å². The Morgan fingerprint density at radius 3 is 2.58 bits per heavy atom. The third kappa shape index (κ3) is 3.39. The second-order valence-electron chi connectivity index (χ2n) is 5.61. The molecule has 3 aromatic rings. The topological polar surface area (TPSA) is 75.0 Å². The van der Waals surface area contributed by atoms with Gasteiger partial charge in [-0.25, -0.2) is 4.79 Å². The summed E-state index contributed by atoms with van der Waals surface area (Å²) in [5.41, 5.74) is 1.21. The monoisotopic (exact) mass is 354 g/mol. The van der Waals surface area contributed by atoms with Crippen molar-refractivity contribution in [1.82, 2.24) is 0 Å². The van der Waals surface area contributed by atoms with Gasteiger partial charge in [0.1, 0.15) is 17.6 Å². The lowest BCUT2D eigenvalue weighted by Gasteiger charge is -2.15. The Balaban J connectivity index is 2.08. The molecule has 3 rings (SSSR count). The molecule has 0 saturated carbocycles. The van der Waals surface area contributed by atoms with Crippen LogP contribution in [0.1, 0.15) is 22.8 Å². The number of carbonyl (C=O) groups excluding carboxylic acids is 1. The van der Waals surface area contributed by atoms with Crippen LogP contribution >= 0.6 is 0 Å². The fraction of sp³-hybridized carbons (Fsp3) is 0.200. The number of hydrogen-bond acceptors (Lipinski definition) is 6. The van der Waals surface area contributed by atoms with Gasteiger partial charge < -0.3 is 18.6 Å². The third-order valence-electron chi connectivity index (χ3n) is 3.84. The molecule has 0 atom stereocenters. The van der Waals surface area contributed by atoms with E-state index in [0.29, 0.717) is 47.0 Å². The second-order valence-corrected chi connectivity index (χ2v) is 5.61. The molecule has 6 nitrogen and oxygen atoms in total. The lowest BCUT2D eigenvalue weighted by molar-refractivity contribution is 0.112. The minimum absolute atomic E-state index is 0.336. The predicted octanol–water partition coefficient (Wildman–Crippen LogP) is 4.11. The summed E-state index contributed by atoms with van der Waals surface area (Å²) in [7, 11) is 1.49. The lowest BCUT2D eigenvalue weighted by atomic mass is 10.1. The van der Waals surface area contributed by atoms with Crippen LogP contribution in [-0.2, 0) is 0 Å². The molecule has 0 unspecified atom stereocenters. The van der Waals surface area contributed by atoms with Crippen LogP contribution in [0.3, 0.4) is 0 Å². The van der Waals surface area contributed by atoms with Gasteiger partial charge in [0.15, 0.2) is 11.5 Å². The van der Waals surface area contributed by atoms with E-state index >= 15 is 0 Å². The lowest BCUT2D eigenvalue weighted by Crippen LogP contribution is -2.00. The van der Waals surface area contributed by atoms with Crippen LogP contribution in [-0.4, -0.2) is 20.0 Å². The number of hydrogen-bond donors (Lipinski definition) is 0. The molecule has 0 spiro atoms. The maximum absolute atomic E-state index is 11.6. The Labute approximate surface area is 149 Å². The number of benzene rings is 2. The number of rotatable bonds is 6. The molecule has 0 N–H and O–H groups in total. The summed E-state index contributed by atoms with van der Waals surface area (Å²) in [5.74, 6) is 1.57. The second kappa shape index (κ2) is 7.31. The Bertz CT molecular complexity index is 1020. The fourth-order valence-electron chi connectivity index (χ4n) is 2.67. The average Bonchev–Trinajstić information content (AvgIpc) is 2.62. The van der Waals surface area contributed by atoms with Crippen LogP contribution in [0.25, 0.3) is 11.0 Å². The fourth-order valence-corrected chi connectivity index (χ4v) is 2.67. The summed E-state index contributed by atoms with van der Waals surface area (Å²) in [6.45, 7) is 4.08. The SMILES string of the molecule is CCOc1c(OC)cc(C=O)cc1Oc1ccc2c(C)cc(=O)oc2c1. The molecule has 0 aliphatic rings. The summed E-state index contributed by atoms with van der Waals surface area (Å²) in [6.07, 6.45) is 0.702. The normalized spacial score (nSPS) is 10.6. The Morgan fingerprint density at radius 2 is 1.88 bits per heavy atom. The first-order chi connectivity index (χ1) is 12.5. The van der Waals surface area contributed by atoms with Gasteiger partial charge in [0, 0.05) is 23.1 Å². The summed E-state index contributed by atoms with van der Waals surface area (Å²) >= 11 is 0. The van der Waals surface area contributed by atoms with Gasteiger partial charge >= 0.3 is 5.63 Å². The van der Waals surface area contributed by atoms with E-state index < -0.39 is 5.63 Å². The van der Waals surface area contributed by atoms with Crippen molar-refractivity contribution in [3.63, 3.8) is 0 Å². The molecule has 1 aromatic heterocycles. The van der Waals surface area contributed by atoms with Crippen molar-refractivity contribution in [1.29, 1.82) is 0 Å². The molecule has 0 radical (unpaired) electrons. The molecule has 0 fully saturated rings. The minimum atomic E-state index is -0.424. The van der Waals surface area contributed by atoms with Gasteiger partial charge in [-0.2, -0.15) is 0 Å². The highest BCUT2D eigenvalue weighted by atomic mass is 16.5. The first-order valence-corrected chi connectivity index (χ1v) is 8.08. The number of aldehydes is 1. The summed E-state index contributed by atoms with van der Waals surface area (Å²) in [5, 5.41) is 0.821. The van der Waals surface area contributed by atoms with E-state index in [0.717, 1.165) is 10.9 Å². The van der Waals surface area contributed by atoms with E-state index in [1.165, 1.54) is 13.2 Å². The Hall–Kier alpha value is -3.28. The highest BCUT2D eigenvalue weighted by Crippen LogP contribution is 2.41. The van der Waals surface area contributed by atoms with Gasteiger partial charge in [0.05, 0.1) is 13.7 Å². The van der Waals surface area contributed by atoms with Crippen LogP contribution in [0.4, 0.5) is 0 Å². The predicted molar refractivity (Wildman–Crippen MR) is 96.8 cm³/mol. The zero-order valence-electron chi connectivity index (χ0n) is 14.7. The van der Waals surface area contributed by atoms with Crippen molar-refractivity contribution in [2.24, 2.45) is 0 Å². The van der Waals surface area contributed by atoms with Crippen molar-refractivity contribution < 1.29 is 23.4 Å². The molecule has 0 amide bonds.